The molecule has 1 aliphatic rings. The number of H-pyrrole nitrogens is 1. The maximum atomic E-state index is 12.7. The SMILES string of the molecule is CCn1c(=O)n(CCC(=O)Nc2ccc3nc(C4CCCO4)[nH]c3c2)c2ccccc21. The first-order valence-electron chi connectivity index (χ1n) is 10.7. The van der Waals surface area contributed by atoms with Crippen LogP contribution in [0.25, 0.3) is 22.1 Å². The minimum absolute atomic E-state index is 0.0222. The van der Waals surface area contributed by atoms with E-state index in [9.17, 15) is 9.59 Å². The average Bonchev–Trinajstić information content (AvgIpc) is 3.49. The topological polar surface area (TPSA) is 93.9 Å². The predicted octanol–water partition coefficient (Wildman–Crippen LogP) is 3.58. The third-order valence-electron chi connectivity index (χ3n) is 5.82. The number of para-hydroxylation sites is 2. The van der Waals surface area contributed by atoms with Gasteiger partial charge in [-0.3, -0.25) is 13.9 Å². The van der Waals surface area contributed by atoms with E-state index >= 15 is 0 Å². The summed E-state index contributed by atoms with van der Waals surface area (Å²) >= 11 is 0. The molecule has 1 atom stereocenters. The molecule has 1 saturated heterocycles. The average molecular weight is 419 g/mol. The van der Waals surface area contributed by atoms with Crippen molar-refractivity contribution in [3.63, 3.8) is 0 Å². The maximum Gasteiger partial charge on any atom is 0.329 e. The van der Waals surface area contributed by atoms with Crippen molar-refractivity contribution in [2.45, 2.75) is 45.4 Å². The summed E-state index contributed by atoms with van der Waals surface area (Å²) < 4.78 is 9.09. The standard InChI is InChI=1S/C23H25N5O3/c1-2-27-18-6-3-4-7-19(18)28(23(27)30)12-11-21(29)24-15-9-10-16-17(14-15)26-22(25-16)20-8-5-13-31-20/h3-4,6-7,9-10,14,20H,2,5,8,11-13H2,1H3,(H,24,29)(H,25,26). The van der Waals surface area contributed by atoms with Crippen LogP contribution >= 0.6 is 0 Å². The zero-order chi connectivity index (χ0) is 21.4. The van der Waals surface area contributed by atoms with E-state index in [4.69, 9.17) is 4.74 Å². The lowest BCUT2D eigenvalue weighted by atomic mass is 10.2. The molecule has 1 amide bonds. The van der Waals surface area contributed by atoms with Crippen LogP contribution in [0.15, 0.2) is 47.3 Å². The predicted molar refractivity (Wildman–Crippen MR) is 119 cm³/mol. The second-order valence-corrected chi connectivity index (χ2v) is 7.82. The van der Waals surface area contributed by atoms with Crippen LogP contribution in [0.3, 0.4) is 0 Å². The van der Waals surface area contributed by atoms with Crippen molar-refractivity contribution in [2.75, 3.05) is 11.9 Å². The Labute approximate surface area is 178 Å². The van der Waals surface area contributed by atoms with Crippen LogP contribution in [0, 0.1) is 0 Å². The number of rotatable bonds is 6. The highest BCUT2D eigenvalue weighted by Gasteiger charge is 2.21. The second-order valence-electron chi connectivity index (χ2n) is 7.82. The number of benzene rings is 2. The van der Waals surface area contributed by atoms with E-state index in [0.29, 0.717) is 18.8 Å². The van der Waals surface area contributed by atoms with Crippen LogP contribution in [0.4, 0.5) is 5.69 Å². The van der Waals surface area contributed by atoms with Gasteiger partial charge in [-0.15, -0.1) is 0 Å². The third kappa shape index (κ3) is 3.63. The first kappa shape index (κ1) is 19.6. The first-order valence-corrected chi connectivity index (χ1v) is 10.7. The summed E-state index contributed by atoms with van der Waals surface area (Å²) in [5.41, 5.74) is 4.07. The molecular formula is C23H25N5O3. The molecular weight excluding hydrogens is 394 g/mol. The molecule has 1 fully saturated rings. The van der Waals surface area contributed by atoms with E-state index in [1.54, 1.807) is 9.13 Å². The molecule has 0 saturated carbocycles. The van der Waals surface area contributed by atoms with Gasteiger partial charge in [0.2, 0.25) is 5.91 Å². The highest BCUT2D eigenvalue weighted by molar-refractivity contribution is 5.93. The summed E-state index contributed by atoms with van der Waals surface area (Å²) in [5.74, 6) is 0.695. The Morgan fingerprint density at radius 1 is 1.23 bits per heavy atom. The molecule has 160 valence electrons. The Morgan fingerprint density at radius 3 is 2.77 bits per heavy atom. The van der Waals surface area contributed by atoms with Crippen LogP contribution < -0.4 is 11.0 Å². The van der Waals surface area contributed by atoms with E-state index in [1.807, 2.05) is 49.4 Å². The quantitative estimate of drug-likeness (QED) is 0.499. The van der Waals surface area contributed by atoms with Gasteiger partial charge < -0.3 is 15.0 Å². The number of carbonyl (C=O) groups is 1. The number of hydrogen-bond acceptors (Lipinski definition) is 4. The van der Waals surface area contributed by atoms with E-state index in [-0.39, 0.29) is 24.1 Å². The number of aromatic nitrogens is 4. The van der Waals surface area contributed by atoms with Crippen molar-refractivity contribution in [2.24, 2.45) is 0 Å². The summed E-state index contributed by atoms with van der Waals surface area (Å²) in [6.45, 7) is 3.63. The number of anilines is 1. The molecule has 31 heavy (non-hydrogen) atoms. The molecule has 8 nitrogen and oxygen atoms in total. The lowest BCUT2D eigenvalue weighted by Gasteiger charge is -2.06. The fourth-order valence-corrected chi connectivity index (χ4v) is 4.28. The van der Waals surface area contributed by atoms with Gasteiger partial charge in [0, 0.05) is 31.8 Å². The van der Waals surface area contributed by atoms with Crippen LogP contribution in [0.1, 0.15) is 38.1 Å². The number of amides is 1. The maximum absolute atomic E-state index is 12.7. The lowest BCUT2D eigenvalue weighted by molar-refractivity contribution is -0.116. The molecule has 0 radical (unpaired) electrons. The van der Waals surface area contributed by atoms with Crippen molar-refractivity contribution in [1.82, 2.24) is 19.1 Å². The first-order chi connectivity index (χ1) is 15.1. The number of nitrogens with one attached hydrogen (secondary N) is 2. The molecule has 2 aromatic carbocycles. The van der Waals surface area contributed by atoms with Crippen molar-refractivity contribution in [3.8, 4) is 0 Å². The number of aryl methyl sites for hydroxylation is 2. The molecule has 1 aliphatic heterocycles. The van der Waals surface area contributed by atoms with Gasteiger partial charge in [-0.05, 0) is 50.1 Å². The zero-order valence-corrected chi connectivity index (χ0v) is 17.4. The van der Waals surface area contributed by atoms with Gasteiger partial charge in [0.05, 0.1) is 22.1 Å². The normalized spacial score (nSPS) is 16.4. The van der Waals surface area contributed by atoms with E-state index < -0.39 is 0 Å². The Morgan fingerprint density at radius 2 is 2.03 bits per heavy atom. The fourth-order valence-electron chi connectivity index (χ4n) is 4.28. The Kier molecular flexibility index (Phi) is 5.07. The van der Waals surface area contributed by atoms with Gasteiger partial charge in [0.15, 0.2) is 0 Å². The molecule has 3 heterocycles. The summed E-state index contributed by atoms with van der Waals surface area (Å²) in [6.07, 6.45) is 2.24. The van der Waals surface area contributed by atoms with Crippen molar-refractivity contribution in [3.05, 3.63) is 58.8 Å². The Bertz CT molecular complexity index is 1310. The number of ether oxygens (including phenoxy) is 1. The molecule has 5 rings (SSSR count). The van der Waals surface area contributed by atoms with Gasteiger partial charge in [-0.1, -0.05) is 12.1 Å². The van der Waals surface area contributed by atoms with Gasteiger partial charge in [-0.2, -0.15) is 0 Å². The van der Waals surface area contributed by atoms with Crippen molar-refractivity contribution >= 4 is 33.7 Å². The van der Waals surface area contributed by atoms with E-state index in [1.165, 1.54) is 0 Å². The molecule has 1 unspecified atom stereocenters. The molecule has 2 aromatic heterocycles. The minimum Gasteiger partial charge on any atom is -0.370 e. The van der Waals surface area contributed by atoms with Crippen molar-refractivity contribution in [1.29, 1.82) is 0 Å². The fraction of sp³-hybridized carbons (Fsp3) is 0.348. The molecule has 4 aromatic rings. The van der Waals surface area contributed by atoms with Gasteiger partial charge in [-0.25, -0.2) is 9.78 Å². The molecule has 2 N–H and O–H groups in total. The van der Waals surface area contributed by atoms with Crippen molar-refractivity contribution < 1.29 is 9.53 Å². The summed E-state index contributed by atoms with van der Waals surface area (Å²) in [5, 5.41) is 2.93. The molecule has 8 heteroatoms. The second kappa shape index (κ2) is 8.03. The number of nitrogens with zero attached hydrogens (tertiary/aromatic N) is 3. The van der Waals surface area contributed by atoms with E-state index in [0.717, 1.165) is 47.3 Å². The number of fused-ring (bicyclic) bond motifs is 2. The number of imidazole rings is 2. The highest BCUT2D eigenvalue weighted by atomic mass is 16.5. The summed E-state index contributed by atoms with van der Waals surface area (Å²) in [6, 6.07) is 13.3. The van der Waals surface area contributed by atoms with Crippen LogP contribution in [-0.2, 0) is 22.6 Å². The van der Waals surface area contributed by atoms with Crippen LogP contribution in [0.5, 0.6) is 0 Å². The van der Waals surface area contributed by atoms with Crippen LogP contribution in [0.2, 0.25) is 0 Å². The lowest BCUT2D eigenvalue weighted by Crippen LogP contribution is -2.25. The summed E-state index contributed by atoms with van der Waals surface area (Å²) in [4.78, 5) is 33.2. The number of hydrogen-bond donors (Lipinski definition) is 2. The number of carbonyl (C=O) groups excluding carboxylic acids is 1. The molecule has 0 bridgehead atoms. The summed E-state index contributed by atoms with van der Waals surface area (Å²) in [7, 11) is 0. The smallest absolute Gasteiger partial charge is 0.329 e. The van der Waals surface area contributed by atoms with E-state index in [2.05, 4.69) is 15.3 Å². The Hall–Kier alpha value is -3.39. The van der Waals surface area contributed by atoms with Gasteiger partial charge >= 0.3 is 5.69 Å². The zero-order valence-electron chi connectivity index (χ0n) is 17.4. The monoisotopic (exact) mass is 419 g/mol. The number of aromatic amines is 1. The van der Waals surface area contributed by atoms with Gasteiger partial charge in [0.25, 0.3) is 0 Å². The van der Waals surface area contributed by atoms with Gasteiger partial charge in [0.1, 0.15) is 11.9 Å². The largest absolute Gasteiger partial charge is 0.370 e. The Balaban J connectivity index is 1.30. The third-order valence-corrected chi connectivity index (χ3v) is 5.82. The molecule has 0 spiro atoms. The minimum atomic E-state index is -0.140. The molecule has 0 aliphatic carbocycles. The highest BCUT2D eigenvalue weighted by Crippen LogP contribution is 2.28. The van der Waals surface area contributed by atoms with Crippen LogP contribution in [-0.4, -0.2) is 31.6 Å².